The van der Waals surface area contributed by atoms with Crippen molar-refractivity contribution in [3.8, 4) is 0 Å². The maximum absolute atomic E-state index is 12.0. The molecule has 1 amide bonds. The third-order valence-electron chi connectivity index (χ3n) is 2.94. The molecule has 0 aromatic heterocycles. The SMILES string of the molecule is CN1CCNC(CN(C)C(=O)C(C)(C)C)C1. The van der Waals surface area contributed by atoms with Gasteiger partial charge in [-0.2, -0.15) is 0 Å². The topological polar surface area (TPSA) is 35.6 Å². The highest BCUT2D eigenvalue weighted by atomic mass is 16.2. The van der Waals surface area contributed by atoms with Gasteiger partial charge in [-0.15, -0.1) is 0 Å². The van der Waals surface area contributed by atoms with Gasteiger partial charge in [0.25, 0.3) is 0 Å². The minimum Gasteiger partial charge on any atom is -0.344 e. The molecule has 16 heavy (non-hydrogen) atoms. The van der Waals surface area contributed by atoms with Crippen LogP contribution >= 0.6 is 0 Å². The number of nitrogens with zero attached hydrogens (tertiary/aromatic N) is 2. The molecule has 0 bridgehead atoms. The average Bonchev–Trinajstić information content (AvgIpc) is 2.15. The second kappa shape index (κ2) is 5.15. The van der Waals surface area contributed by atoms with E-state index in [4.69, 9.17) is 0 Å². The molecule has 1 N–H and O–H groups in total. The number of amides is 1. The molecule has 4 heteroatoms. The Balaban J connectivity index is 2.44. The van der Waals surface area contributed by atoms with Gasteiger partial charge in [0, 0.05) is 44.7 Å². The van der Waals surface area contributed by atoms with E-state index in [9.17, 15) is 4.79 Å². The summed E-state index contributed by atoms with van der Waals surface area (Å²) >= 11 is 0. The normalized spacial score (nSPS) is 23.2. The van der Waals surface area contributed by atoms with Crippen LogP contribution in [0.4, 0.5) is 0 Å². The predicted molar refractivity (Wildman–Crippen MR) is 66.4 cm³/mol. The van der Waals surface area contributed by atoms with Gasteiger partial charge < -0.3 is 15.1 Å². The first-order valence-electron chi connectivity index (χ1n) is 5.98. The largest absolute Gasteiger partial charge is 0.344 e. The first kappa shape index (κ1) is 13.5. The number of hydrogen-bond acceptors (Lipinski definition) is 3. The number of carbonyl (C=O) groups excluding carboxylic acids is 1. The fourth-order valence-corrected chi connectivity index (χ4v) is 2.10. The van der Waals surface area contributed by atoms with Crippen LogP contribution in [0.25, 0.3) is 0 Å². The highest BCUT2D eigenvalue weighted by Gasteiger charge is 2.27. The third-order valence-corrected chi connectivity index (χ3v) is 2.94. The zero-order valence-electron chi connectivity index (χ0n) is 11.2. The van der Waals surface area contributed by atoms with Crippen molar-refractivity contribution >= 4 is 5.91 Å². The number of likely N-dealkylation sites (N-methyl/N-ethyl adjacent to an activating group) is 2. The van der Waals surface area contributed by atoms with Crippen molar-refractivity contribution in [2.24, 2.45) is 5.41 Å². The first-order valence-corrected chi connectivity index (χ1v) is 5.98. The Kier molecular flexibility index (Phi) is 4.33. The predicted octanol–water partition coefficient (Wildman–Crippen LogP) is 0.395. The lowest BCUT2D eigenvalue weighted by Crippen LogP contribution is -2.54. The van der Waals surface area contributed by atoms with E-state index in [1.54, 1.807) is 0 Å². The van der Waals surface area contributed by atoms with E-state index in [2.05, 4.69) is 17.3 Å². The summed E-state index contributed by atoms with van der Waals surface area (Å²) < 4.78 is 0. The van der Waals surface area contributed by atoms with E-state index in [1.807, 2.05) is 32.7 Å². The lowest BCUT2D eigenvalue weighted by molar-refractivity contribution is -0.138. The van der Waals surface area contributed by atoms with Crippen molar-refractivity contribution in [2.75, 3.05) is 40.3 Å². The molecule has 94 valence electrons. The average molecular weight is 227 g/mol. The Hall–Kier alpha value is -0.610. The van der Waals surface area contributed by atoms with E-state index in [0.717, 1.165) is 26.2 Å². The minimum atomic E-state index is -0.282. The van der Waals surface area contributed by atoms with E-state index in [1.165, 1.54) is 0 Å². The van der Waals surface area contributed by atoms with Gasteiger partial charge in [-0.05, 0) is 7.05 Å². The van der Waals surface area contributed by atoms with Crippen molar-refractivity contribution in [1.29, 1.82) is 0 Å². The summed E-state index contributed by atoms with van der Waals surface area (Å²) in [4.78, 5) is 16.2. The molecular formula is C12H25N3O. The number of nitrogens with one attached hydrogen (secondary N) is 1. The van der Waals surface area contributed by atoms with Gasteiger partial charge in [0.05, 0.1) is 0 Å². The summed E-state index contributed by atoms with van der Waals surface area (Å²) in [6, 6.07) is 0.398. The summed E-state index contributed by atoms with van der Waals surface area (Å²) in [5, 5.41) is 3.45. The molecule has 0 aliphatic carbocycles. The molecule has 1 fully saturated rings. The molecule has 1 atom stereocenters. The highest BCUT2D eigenvalue weighted by molar-refractivity contribution is 5.81. The molecule has 0 aromatic carbocycles. The Bertz CT molecular complexity index is 247. The molecule has 1 unspecified atom stereocenters. The number of carbonyl (C=O) groups is 1. The second-order valence-electron chi connectivity index (χ2n) is 5.85. The van der Waals surface area contributed by atoms with Gasteiger partial charge in [0.2, 0.25) is 5.91 Å². The van der Waals surface area contributed by atoms with Crippen molar-refractivity contribution in [3.05, 3.63) is 0 Å². The fourth-order valence-electron chi connectivity index (χ4n) is 2.10. The maximum atomic E-state index is 12.0. The molecule has 1 rings (SSSR count). The molecule has 0 saturated carbocycles. The lowest BCUT2D eigenvalue weighted by Gasteiger charge is -2.35. The van der Waals surface area contributed by atoms with Crippen LogP contribution in [0.15, 0.2) is 0 Å². The van der Waals surface area contributed by atoms with Crippen molar-refractivity contribution in [1.82, 2.24) is 15.1 Å². The summed E-state index contributed by atoms with van der Waals surface area (Å²) in [7, 11) is 4.02. The molecular weight excluding hydrogens is 202 g/mol. The van der Waals surface area contributed by atoms with E-state index >= 15 is 0 Å². The Morgan fingerprint density at radius 2 is 2.12 bits per heavy atom. The smallest absolute Gasteiger partial charge is 0.227 e. The molecule has 1 saturated heterocycles. The summed E-state index contributed by atoms with van der Waals surface area (Å²) in [6.07, 6.45) is 0. The third kappa shape index (κ3) is 3.76. The van der Waals surface area contributed by atoms with E-state index < -0.39 is 0 Å². The van der Waals surface area contributed by atoms with E-state index in [0.29, 0.717) is 6.04 Å². The standard InChI is InChI=1S/C12H25N3O/c1-12(2,3)11(16)15(5)9-10-8-14(4)7-6-13-10/h10,13H,6-9H2,1-5H3. The van der Waals surface area contributed by atoms with Crippen molar-refractivity contribution in [3.63, 3.8) is 0 Å². The monoisotopic (exact) mass is 227 g/mol. The van der Waals surface area contributed by atoms with Crippen LogP contribution in [-0.2, 0) is 4.79 Å². The summed E-state index contributed by atoms with van der Waals surface area (Å²) in [6.45, 7) is 9.80. The van der Waals surface area contributed by atoms with Crippen molar-refractivity contribution < 1.29 is 4.79 Å². The van der Waals surface area contributed by atoms with Gasteiger partial charge in [0.15, 0.2) is 0 Å². The molecule has 0 aromatic rings. The van der Waals surface area contributed by atoms with Gasteiger partial charge in [0.1, 0.15) is 0 Å². The fraction of sp³-hybridized carbons (Fsp3) is 0.917. The lowest BCUT2D eigenvalue weighted by atomic mass is 9.94. The van der Waals surface area contributed by atoms with Crippen LogP contribution in [0.3, 0.4) is 0 Å². The second-order valence-corrected chi connectivity index (χ2v) is 5.85. The number of piperazine rings is 1. The molecule has 4 nitrogen and oxygen atoms in total. The van der Waals surface area contributed by atoms with Crippen molar-refractivity contribution in [2.45, 2.75) is 26.8 Å². The number of hydrogen-bond donors (Lipinski definition) is 1. The van der Waals surface area contributed by atoms with Gasteiger partial charge in [-0.3, -0.25) is 4.79 Å². The summed E-state index contributed by atoms with van der Waals surface area (Å²) in [5.41, 5.74) is -0.282. The quantitative estimate of drug-likeness (QED) is 0.741. The zero-order valence-corrected chi connectivity index (χ0v) is 11.2. The van der Waals surface area contributed by atoms with Gasteiger partial charge >= 0.3 is 0 Å². The van der Waals surface area contributed by atoms with Crippen LogP contribution in [-0.4, -0.2) is 62.0 Å². The first-order chi connectivity index (χ1) is 7.30. The van der Waals surface area contributed by atoms with Gasteiger partial charge in [-0.25, -0.2) is 0 Å². The number of rotatable bonds is 2. The molecule has 1 aliphatic heterocycles. The molecule has 0 radical (unpaired) electrons. The minimum absolute atomic E-state index is 0.211. The maximum Gasteiger partial charge on any atom is 0.227 e. The van der Waals surface area contributed by atoms with Crippen LogP contribution in [0.2, 0.25) is 0 Å². The van der Waals surface area contributed by atoms with Crippen LogP contribution < -0.4 is 5.32 Å². The van der Waals surface area contributed by atoms with Crippen LogP contribution in [0.1, 0.15) is 20.8 Å². The molecule has 1 aliphatic rings. The Morgan fingerprint density at radius 3 is 2.62 bits per heavy atom. The van der Waals surface area contributed by atoms with Gasteiger partial charge in [-0.1, -0.05) is 20.8 Å². The zero-order chi connectivity index (χ0) is 12.3. The van der Waals surface area contributed by atoms with Crippen LogP contribution in [0, 0.1) is 5.41 Å². The molecule has 1 heterocycles. The Labute approximate surface area is 99.0 Å². The highest BCUT2D eigenvalue weighted by Crippen LogP contribution is 2.16. The molecule has 0 spiro atoms. The summed E-state index contributed by atoms with van der Waals surface area (Å²) in [5.74, 6) is 0.211. The van der Waals surface area contributed by atoms with E-state index in [-0.39, 0.29) is 11.3 Å². The Morgan fingerprint density at radius 1 is 1.50 bits per heavy atom. The van der Waals surface area contributed by atoms with Crippen LogP contribution in [0.5, 0.6) is 0 Å².